The van der Waals surface area contributed by atoms with Crippen LogP contribution in [0.25, 0.3) is 0 Å². The van der Waals surface area contributed by atoms with E-state index in [-0.39, 0.29) is 18.4 Å². The number of hydrogen-bond donors (Lipinski definition) is 2. The highest BCUT2D eigenvalue weighted by Gasteiger charge is 2.28. The van der Waals surface area contributed by atoms with Gasteiger partial charge in [0, 0.05) is 13.1 Å². The number of hydrogen-bond acceptors (Lipinski definition) is 3. The lowest BCUT2D eigenvalue weighted by molar-refractivity contribution is -0.135. The molecular formula is C20H31N3O2. The number of piperidine rings is 1. The van der Waals surface area contributed by atoms with Crippen molar-refractivity contribution in [1.82, 2.24) is 10.2 Å². The van der Waals surface area contributed by atoms with Crippen molar-refractivity contribution in [1.29, 1.82) is 0 Å². The van der Waals surface area contributed by atoms with E-state index in [0.29, 0.717) is 12.3 Å². The van der Waals surface area contributed by atoms with E-state index in [1.807, 2.05) is 17.9 Å². The number of benzene rings is 1. The van der Waals surface area contributed by atoms with Crippen LogP contribution in [0, 0.1) is 5.92 Å². The Kier molecular flexibility index (Phi) is 7.00. The summed E-state index contributed by atoms with van der Waals surface area (Å²) in [5.41, 5.74) is 6.44. The number of nitrogens with zero attached hydrogens (tertiary/aromatic N) is 1. The summed E-state index contributed by atoms with van der Waals surface area (Å²) >= 11 is 0. The van der Waals surface area contributed by atoms with Crippen LogP contribution in [0.2, 0.25) is 0 Å². The van der Waals surface area contributed by atoms with Gasteiger partial charge >= 0.3 is 0 Å². The maximum absolute atomic E-state index is 12.3. The van der Waals surface area contributed by atoms with Gasteiger partial charge in [-0.15, -0.1) is 0 Å². The van der Waals surface area contributed by atoms with Gasteiger partial charge < -0.3 is 16.0 Å². The molecule has 0 aliphatic carbocycles. The van der Waals surface area contributed by atoms with Gasteiger partial charge in [-0.1, -0.05) is 43.7 Å². The van der Waals surface area contributed by atoms with Crippen molar-refractivity contribution in [3.05, 3.63) is 35.9 Å². The largest absolute Gasteiger partial charge is 0.345 e. The van der Waals surface area contributed by atoms with Crippen molar-refractivity contribution >= 4 is 11.8 Å². The van der Waals surface area contributed by atoms with Gasteiger partial charge in [0.25, 0.3) is 0 Å². The van der Waals surface area contributed by atoms with E-state index in [0.717, 1.165) is 38.8 Å². The molecule has 1 aromatic carbocycles. The second-order valence-corrected chi connectivity index (χ2v) is 7.36. The zero-order valence-electron chi connectivity index (χ0n) is 15.5. The van der Waals surface area contributed by atoms with Gasteiger partial charge in [0.2, 0.25) is 11.8 Å². The SMILES string of the molecule is CCCC(C)(N)C(=O)NCC(=O)N1CCC(Cc2ccccc2)CC1. The fourth-order valence-corrected chi connectivity index (χ4v) is 3.44. The Morgan fingerprint density at radius 3 is 2.48 bits per heavy atom. The van der Waals surface area contributed by atoms with Crippen LogP contribution in [0.1, 0.15) is 45.1 Å². The molecule has 5 nitrogen and oxygen atoms in total. The minimum atomic E-state index is -0.905. The molecule has 1 atom stereocenters. The van der Waals surface area contributed by atoms with Crippen molar-refractivity contribution in [3.63, 3.8) is 0 Å². The quantitative estimate of drug-likeness (QED) is 0.795. The first kappa shape index (κ1) is 19.4. The molecule has 0 bridgehead atoms. The zero-order valence-corrected chi connectivity index (χ0v) is 15.5. The number of amides is 2. The Morgan fingerprint density at radius 1 is 1.24 bits per heavy atom. The smallest absolute Gasteiger partial charge is 0.241 e. The van der Waals surface area contributed by atoms with Crippen LogP contribution in [0.4, 0.5) is 0 Å². The molecule has 1 saturated heterocycles. The Balaban J connectivity index is 1.73. The van der Waals surface area contributed by atoms with Crippen LogP contribution in [-0.4, -0.2) is 41.9 Å². The van der Waals surface area contributed by atoms with E-state index in [9.17, 15) is 9.59 Å². The molecule has 3 N–H and O–H groups in total. The van der Waals surface area contributed by atoms with Crippen LogP contribution < -0.4 is 11.1 Å². The monoisotopic (exact) mass is 345 g/mol. The van der Waals surface area contributed by atoms with E-state index in [1.54, 1.807) is 6.92 Å². The van der Waals surface area contributed by atoms with E-state index >= 15 is 0 Å². The number of likely N-dealkylation sites (tertiary alicyclic amines) is 1. The predicted octanol–water partition coefficient (Wildman–Crippen LogP) is 2.10. The molecule has 1 aliphatic heterocycles. The lowest BCUT2D eigenvalue weighted by atomic mass is 9.90. The first-order valence-electron chi connectivity index (χ1n) is 9.31. The normalized spacial score (nSPS) is 17.8. The van der Waals surface area contributed by atoms with Crippen molar-refractivity contribution in [3.8, 4) is 0 Å². The fourth-order valence-electron chi connectivity index (χ4n) is 3.44. The van der Waals surface area contributed by atoms with Crippen molar-refractivity contribution in [2.24, 2.45) is 11.7 Å². The summed E-state index contributed by atoms with van der Waals surface area (Å²) in [5.74, 6) is 0.360. The molecule has 1 heterocycles. The predicted molar refractivity (Wildman–Crippen MR) is 100.0 cm³/mol. The fraction of sp³-hybridized carbons (Fsp3) is 0.600. The highest BCUT2D eigenvalue weighted by molar-refractivity contribution is 5.89. The van der Waals surface area contributed by atoms with Crippen LogP contribution >= 0.6 is 0 Å². The molecule has 5 heteroatoms. The third-order valence-electron chi connectivity index (χ3n) is 5.02. The maximum atomic E-state index is 12.3. The van der Waals surface area contributed by atoms with Crippen molar-refractivity contribution < 1.29 is 9.59 Å². The third-order valence-corrected chi connectivity index (χ3v) is 5.02. The number of carbonyl (C=O) groups excluding carboxylic acids is 2. The lowest BCUT2D eigenvalue weighted by Crippen LogP contribution is -2.54. The van der Waals surface area contributed by atoms with Crippen molar-refractivity contribution in [2.45, 2.75) is 51.5 Å². The van der Waals surface area contributed by atoms with Crippen LogP contribution in [0.5, 0.6) is 0 Å². The molecule has 1 aromatic rings. The molecule has 25 heavy (non-hydrogen) atoms. The third kappa shape index (κ3) is 5.85. The molecule has 138 valence electrons. The molecule has 0 saturated carbocycles. The summed E-state index contributed by atoms with van der Waals surface area (Å²) in [5, 5.41) is 2.70. The summed E-state index contributed by atoms with van der Waals surface area (Å²) in [4.78, 5) is 26.3. The molecule has 2 amide bonds. The van der Waals surface area contributed by atoms with Crippen LogP contribution in [-0.2, 0) is 16.0 Å². The number of carbonyl (C=O) groups is 2. The Labute approximate surface area is 151 Å². The van der Waals surface area contributed by atoms with Gasteiger partial charge in [0.1, 0.15) is 0 Å². The minimum absolute atomic E-state index is 0.0150. The van der Waals surface area contributed by atoms with E-state index in [2.05, 4.69) is 29.6 Å². The van der Waals surface area contributed by atoms with Gasteiger partial charge in [-0.2, -0.15) is 0 Å². The van der Waals surface area contributed by atoms with Gasteiger partial charge in [-0.25, -0.2) is 0 Å². The average molecular weight is 345 g/mol. The summed E-state index contributed by atoms with van der Waals surface area (Å²) in [6.45, 7) is 5.27. The first-order chi connectivity index (χ1) is 11.9. The maximum Gasteiger partial charge on any atom is 0.241 e. The molecular weight excluding hydrogens is 314 g/mol. The second kappa shape index (κ2) is 8.99. The molecule has 0 radical (unpaired) electrons. The zero-order chi connectivity index (χ0) is 18.3. The molecule has 1 unspecified atom stereocenters. The number of nitrogens with two attached hydrogens (primary N) is 1. The number of rotatable bonds is 7. The summed E-state index contributed by atoms with van der Waals surface area (Å²) in [6.07, 6.45) is 4.54. The van der Waals surface area contributed by atoms with Crippen molar-refractivity contribution in [2.75, 3.05) is 19.6 Å². The van der Waals surface area contributed by atoms with Gasteiger partial charge in [-0.3, -0.25) is 9.59 Å². The molecule has 0 spiro atoms. The highest BCUT2D eigenvalue weighted by atomic mass is 16.2. The van der Waals surface area contributed by atoms with E-state index in [4.69, 9.17) is 5.73 Å². The van der Waals surface area contributed by atoms with Crippen LogP contribution in [0.3, 0.4) is 0 Å². The first-order valence-corrected chi connectivity index (χ1v) is 9.31. The van der Waals surface area contributed by atoms with E-state index in [1.165, 1.54) is 5.56 Å². The van der Waals surface area contributed by atoms with Gasteiger partial charge in [0.15, 0.2) is 0 Å². The Hall–Kier alpha value is -1.88. The Morgan fingerprint density at radius 2 is 1.88 bits per heavy atom. The minimum Gasteiger partial charge on any atom is -0.345 e. The topological polar surface area (TPSA) is 75.4 Å². The summed E-state index contributed by atoms with van der Waals surface area (Å²) < 4.78 is 0. The number of nitrogens with one attached hydrogen (secondary N) is 1. The average Bonchev–Trinajstić information content (AvgIpc) is 2.61. The molecule has 2 rings (SSSR count). The highest BCUT2D eigenvalue weighted by Crippen LogP contribution is 2.21. The second-order valence-electron chi connectivity index (χ2n) is 7.36. The lowest BCUT2D eigenvalue weighted by Gasteiger charge is -2.32. The summed E-state index contributed by atoms with van der Waals surface area (Å²) in [6, 6.07) is 10.5. The Bertz CT molecular complexity index is 564. The van der Waals surface area contributed by atoms with Crippen LogP contribution in [0.15, 0.2) is 30.3 Å². The standard InChI is InChI=1S/C20H31N3O2/c1-3-11-20(2,21)19(25)22-15-18(24)23-12-9-17(10-13-23)14-16-7-5-4-6-8-16/h4-8,17H,3,9-15,21H2,1-2H3,(H,22,25). The summed E-state index contributed by atoms with van der Waals surface area (Å²) in [7, 11) is 0. The molecule has 1 fully saturated rings. The molecule has 1 aliphatic rings. The van der Waals surface area contributed by atoms with E-state index < -0.39 is 5.54 Å². The molecule has 0 aromatic heterocycles. The van der Waals surface area contributed by atoms with Gasteiger partial charge in [-0.05, 0) is 44.1 Å². The van der Waals surface area contributed by atoms with Gasteiger partial charge in [0.05, 0.1) is 12.1 Å².